The number of fused-ring (bicyclic) bond motifs is 1. The van der Waals surface area contributed by atoms with Crippen LogP contribution in [0.25, 0.3) is 0 Å². The Kier molecular flexibility index (Phi) is 3.97. The minimum atomic E-state index is -1.26. The molecule has 0 unspecified atom stereocenters. The number of rotatable bonds is 2. The number of hydrogen-bond donors (Lipinski definition) is 2. The highest BCUT2D eigenvalue weighted by Crippen LogP contribution is 2.18. The first-order valence-electron chi connectivity index (χ1n) is 6.77. The Morgan fingerprint density at radius 3 is 2.55 bits per heavy atom. The van der Waals surface area contributed by atoms with Crippen LogP contribution in [0.5, 0.6) is 0 Å². The van der Waals surface area contributed by atoms with Gasteiger partial charge in [0.2, 0.25) is 0 Å². The van der Waals surface area contributed by atoms with Crippen molar-refractivity contribution in [3.8, 4) is 0 Å². The van der Waals surface area contributed by atoms with Gasteiger partial charge in [-0.3, -0.25) is 0 Å². The summed E-state index contributed by atoms with van der Waals surface area (Å²) < 4.78 is 0. The van der Waals surface area contributed by atoms with Crippen molar-refractivity contribution in [3.05, 3.63) is 35.4 Å². The number of carbonyl (C=O) groups excluding carboxylic acids is 1. The lowest BCUT2D eigenvalue weighted by molar-refractivity contribution is -0.143. The molecular weight excluding hydrogens is 256 g/mol. The molecule has 0 radical (unpaired) electrons. The molecule has 2 N–H and O–H groups in total. The van der Waals surface area contributed by atoms with Gasteiger partial charge < -0.3 is 15.3 Å². The molecule has 0 saturated heterocycles. The quantitative estimate of drug-likeness (QED) is 0.868. The normalized spacial score (nSPS) is 15.2. The summed E-state index contributed by atoms with van der Waals surface area (Å²) in [6.45, 7) is 4.13. The highest BCUT2D eigenvalue weighted by Gasteiger charge is 2.31. The maximum atomic E-state index is 12.2. The first-order valence-corrected chi connectivity index (χ1v) is 6.77. The zero-order chi connectivity index (χ0) is 14.8. The Hall–Kier alpha value is -2.04. The number of benzene rings is 1. The van der Waals surface area contributed by atoms with Crippen molar-refractivity contribution in [2.75, 3.05) is 6.54 Å². The van der Waals surface area contributed by atoms with Crippen LogP contribution in [-0.4, -0.2) is 34.1 Å². The number of amides is 2. The number of hydrogen-bond acceptors (Lipinski definition) is 2. The van der Waals surface area contributed by atoms with Crippen molar-refractivity contribution < 1.29 is 14.7 Å². The lowest BCUT2D eigenvalue weighted by atomic mass is 10.0. The molecule has 108 valence electrons. The Morgan fingerprint density at radius 2 is 1.90 bits per heavy atom. The predicted octanol–water partition coefficient (Wildman–Crippen LogP) is 2.01. The van der Waals surface area contributed by atoms with Crippen LogP contribution in [-0.2, 0) is 17.8 Å². The van der Waals surface area contributed by atoms with Crippen LogP contribution < -0.4 is 5.32 Å². The Bertz CT molecular complexity index is 526. The largest absolute Gasteiger partial charge is 0.480 e. The average Bonchev–Trinajstić information content (AvgIpc) is 2.60. The molecule has 0 aromatic heterocycles. The van der Waals surface area contributed by atoms with E-state index in [-0.39, 0.29) is 6.03 Å². The van der Waals surface area contributed by atoms with Crippen LogP contribution in [0.3, 0.4) is 0 Å². The number of carboxylic acid groups (broad SMARTS) is 1. The van der Waals surface area contributed by atoms with E-state index in [9.17, 15) is 9.59 Å². The third-order valence-electron chi connectivity index (χ3n) is 3.60. The summed E-state index contributed by atoms with van der Waals surface area (Å²) in [7, 11) is 0. The second-order valence-corrected chi connectivity index (χ2v) is 5.65. The van der Waals surface area contributed by atoms with Crippen LogP contribution in [0.2, 0.25) is 0 Å². The predicted molar refractivity (Wildman–Crippen MR) is 75.4 cm³/mol. The standard InChI is InChI=1S/C15H20N2O3/c1-15(2,13(18)19)16-14(20)17-9-5-8-11-6-3-4-7-12(11)10-17/h3-4,6-7H,5,8-10H2,1-2H3,(H,16,20)(H,18,19). The molecule has 2 rings (SSSR count). The maximum Gasteiger partial charge on any atom is 0.328 e. The zero-order valence-electron chi connectivity index (χ0n) is 11.8. The summed E-state index contributed by atoms with van der Waals surface area (Å²) in [5.41, 5.74) is 1.14. The number of carboxylic acids is 1. The summed E-state index contributed by atoms with van der Waals surface area (Å²) >= 11 is 0. The van der Waals surface area contributed by atoms with Crippen molar-refractivity contribution in [2.45, 2.75) is 38.8 Å². The third kappa shape index (κ3) is 3.10. The van der Waals surface area contributed by atoms with Gasteiger partial charge in [-0.2, -0.15) is 0 Å². The molecule has 0 aliphatic carbocycles. The van der Waals surface area contributed by atoms with Gasteiger partial charge in [-0.15, -0.1) is 0 Å². The van der Waals surface area contributed by atoms with E-state index < -0.39 is 11.5 Å². The van der Waals surface area contributed by atoms with Crippen molar-refractivity contribution >= 4 is 12.0 Å². The van der Waals surface area contributed by atoms with E-state index in [1.807, 2.05) is 18.2 Å². The van der Waals surface area contributed by atoms with Crippen LogP contribution in [0.1, 0.15) is 31.4 Å². The molecule has 1 aromatic rings. The SMILES string of the molecule is CC(C)(NC(=O)N1CCCc2ccccc2C1)C(=O)O. The molecule has 0 bridgehead atoms. The molecule has 1 aromatic carbocycles. The van der Waals surface area contributed by atoms with Crippen LogP contribution in [0.4, 0.5) is 4.79 Å². The van der Waals surface area contributed by atoms with E-state index in [1.54, 1.807) is 4.90 Å². The van der Waals surface area contributed by atoms with Gasteiger partial charge in [0.1, 0.15) is 5.54 Å². The smallest absolute Gasteiger partial charge is 0.328 e. The van der Waals surface area contributed by atoms with Crippen LogP contribution in [0, 0.1) is 0 Å². The molecule has 2 amide bonds. The number of urea groups is 1. The lowest BCUT2D eigenvalue weighted by Gasteiger charge is -2.27. The summed E-state index contributed by atoms with van der Waals surface area (Å²) in [5, 5.41) is 11.6. The van der Waals surface area contributed by atoms with Gasteiger partial charge in [0.15, 0.2) is 0 Å². The molecule has 5 heteroatoms. The molecule has 5 nitrogen and oxygen atoms in total. The molecular formula is C15H20N2O3. The third-order valence-corrected chi connectivity index (χ3v) is 3.60. The Morgan fingerprint density at radius 1 is 1.25 bits per heavy atom. The van der Waals surface area contributed by atoms with E-state index >= 15 is 0 Å². The highest BCUT2D eigenvalue weighted by atomic mass is 16.4. The fourth-order valence-corrected chi connectivity index (χ4v) is 2.27. The first-order chi connectivity index (χ1) is 9.40. The second-order valence-electron chi connectivity index (χ2n) is 5.65. The molecule has 0 atom stereocenters. The molecule has 1 aliphatic rings. The van der Waals surface area contributed by atoms with E-state index in [0.717, 1.165) is 18.4 Å². The number of nitrogens with zero attached hydrogens (tertiary/aromatic N) is 1. The van der Waals surface area contributed by atoms with E-state index in [0.29, 0.717) is 13.1 Å². The number of aryl methyl sites for hydroxylation is 1. The molecule has 1 heterocycles. The summed E-state index contributed by atoms with van der Waals surface area (Å²) in [5.74, 6) is -1.04. The number of carbonyl (C=O) groups is 2. The van der Waals surface area contributed by atoms with Crippen molar-refractivity contribution in [1.29, 1.82) is 0 Å². The molecule has 1 aliphatic heterocycles. The second kappa shape index (κ2) is 5.53. The highest BCUT2D eigenvalue weighted by molar-refractivity contribution is 5.85. The fourth-order valence-electron chi connectivity index (χ4n) is 2.27. The van der Waals surface area contributed by atoms with Crippen molar-refractivity contribution in [1.82, 2.24) is 10.2 Å². The average molecular weight is 276 g/mol. The van der Waals surface area contributed by atoms with E-state index in [2.05, 4.69) is 11.4 Å². The van der Waals surface area contributed by atoms with Crippen LogP contribution >= 0.6 is 0 Å². The minimum absolute atomic E-state index is 0.325. The minimum Gasteiger partial charge on any atom is -0.480 e. The molecule has 0 saturated carbocycles. The van der Waals surface area contributed by atoms with Gasteiger partial charge in [0, 0.05) is 13.1 Å². The van der Waals surface area contributed by atoms with Crippen molar-refractivity contribution in [2.24, 2.45) is 0 Å². The molecule has 20 heavy (non-hydrogen) atoms. The van der Waals surface area contributed by atoms with Gasteiger partial charge in [0.25, 0.3) is 0 Å². The lowest BCUT2D eigenvalue weighted by Crippen LogP contribution is -2.54. The monoisotopic (exact) mass is 276 g/mol. The summed E-state index contributed by atoms with van der Waals surface area (Å²) in [6.07, 6.45) is 1.83. The van der Waals surface area contributed by atoms with E-state index in [4.69, 9.17) is 5.11 Å². The Balaban J connectivity index is 2.10. The van der Waals surface area contributed by atoms with Gasteiger partial charge in [0.05, 0.1) is 0 Å². The molecule has 0 spiro atoms. The number of aliphatic carboxylic acids is 1. The maximum absolute atomic E-state index is 12.2. The zero-order valence-corrected chi connectivity index (χ0v) is 11.8. The fraction of sp³-hybridized carbons (Fsp3) is 0.467. The van der Waals surface area contributed by atoms with Gasteiger partial charge in [-0.25, -0.2) is 9.59 Å². The molecule has 0 fully saturated rings. The summed E-state index contributed by atoms with van der Waals surface area (Å²) in [4.78, 5) is 25.0. The van der Waals surface area contributed by atoms with Crippen molar-refractivity contribution in [3.63, 3.8) is 0 Å². The van der Waals surface area contributed by atoms with Gasteiger partial charge in [-0.05, 0) is 37.8 Å². The van der Waals surface area contributed by atoms with E-state index in [1.165, 1.54) is 19.4 Å². The van der Waals surface area contributed by atoms with Gasteiger partial charge >= 0.3 is 12.0 Å². The van der Waals surface area contributed by atoms with Crippen LogP contribution in [0.15, 0.2) is 24.3 Å². The number of nitrogens with one attached hydrogen (secondary N) is 1. The topological polar surface area (TPSA) is 69.6 Å². The summed E-state index contributed by atoms with van der Waals surface area (Å²) in [6, 6.07) is 7.74. The first kappa shape index (κ1) is 14.4. The van der Waals surface area contributed by atoms with Gasteiger partial charge in [-0.1, -0.05) is 24.3 Å². The Labute approximate surface area is 118 Å².